The molecule has 2 heterocycles. The smallest absolute Gasteiger partial charge is 0.231 e. The minimum Gasteiger partial charge on any atom is -0.338 e. The zero-order chi connectivity index (χ0) is 16.9. The van der Waals surface area contributed by atoms with Crippen LogP contribution in [0.15, 0.2) is 34.9 Å². The van der Waals surface area contributed by atoms with Gasteiger partial charge >= 0.3 is 0 Å². The van der Waals surface area contributed by atoms with Crippen LogP contribution in [0, 0.1) is 28.7 Å². The third-order valence-electron chi connectivity index (χ3n) is 3.96. The molecule has 1 aliphatic rings. The Balaban J connectivity index is 1.61. The summed E-state index contributed by atoms with van der Waals surface area (Å²) < 4.78 is 5.14. The first-order chi connectivity index (χ1) is 11.7. The first-order valence-electron chi connectivity index (χ1n) is 7.59. The molecule has 1 aromatic heterocycles. The zero-order valence-corrected chi connectivity index (χ0v) is 12.9. The number of anilines is 1. The van der Waals surface area contributed by atoms with Crippen molar-refractivity contribution >= 4 is 11.8 Å². The summed E-state index contributed by atoms with van der Waals surface area (Å²) in [6.45, 7) is 1.32. The summed E-state index contributed by atoms with van der Waals surface area (Å²) in [4.78, 5) is 13.7. The highest BCUT2D eigenvalue weighted by Crippen LogP contribution is 2.24. The molecule has 7 nitrogen and oxygen atoms in total. The lowest BCUT2D eigenvalue weighted by molar-refractivity contribution is -0.117. The van der Waals surface area contributed by atoms with E-state index in [1.807, 2.05) is 6.07 Å². The normalized spacial score (nSPS) is 16.4. The van der Waals surface area contributed by atoms with Gasteiger partial charge in [-0.2, -0.15) is 10.5 Å². The van der Waals surface area contributed by atoms with Crippen LogP contribution in [0.2, 0.25) is 0 Å². The second kappa shape index (κ2) is 6.84. The van der Waals surface area contributed by atoms with Gasteiger partial charge < -0.3 is 9.42 Å². The Hall–Kier alpha value is -3.32. The van der Waals surface area contributed by atoms with Crippen molar-refractivity contribution in [3.63, 3.8) is 0 Å². The van der Waals surface area contributed by atoms with Crippen molar-refractivity contribution in [3.05, 3.63) is 35.9 Å². The molecule has 1 N–H and O–H groups in total. The summed E-state index contributed by atoms with van der Waals surface area (Å²) in [7, 11) is 0. The van der Waals surface area contributed by atoms with Gasteiger partial charge in [0.25, 0.3) is 0 Å². The van der Waals surface area contributed by atoms with Crippen molar-refractivity contribution in [1.82, 2.24) is 10.1 Å². The maximum Gasteiger partial charge on any atom is 0.231 e. The third-order valence-corrected chi connectivity index (χ3v) is 3.96. The van der Waals surface area contributed by atoms with Crippen LogP contribution >= 0.6 is 0 Å². The number of rotatable bonds is 4. The van der Waals surface area contributed by atoms with Crippen LogP contribution in [-0.2, 0) is 4.79 Å². The first-order valence-corrected chi connectivity index (χ1v) is 7.59. The van der Waals surface area contributed by atoms with Gasteiger partial charge in [0.15, 0.2) is 6.19 Å². The van der Waals surface area contributed by atoms with Gasteiger partial charge in [-0.25, -0.2) is 0 Å². The molecule has 3 rings (SSSR count). The van der Waals surface area contributed by atoms with E-state index >= 15 is 0 Å². The molecule has 0 radical (unpaired) electrons. The number of hydrogen-bond donors (Lipinski definition) is 1. The highest BCUT2D eigenvalue weighted by Gasteiger charge is 2.24. The average Bonchev–Trinajstić information content (AvgIpc) is 3.24. The van der Waals surface area contributed by atoms with Crippen molar-refractivity contribution in [2.24, 2.45) is 5.92 Å². The van der Waals surface area contributed by atoms with Gasteiger partial charge in [-0.05, 0) is 24.5 Å². The Morgan fingerprint density at radius 1 is 1.42 bits per heavy atom. The van der Waals surface area contributed by atoms with Gasteiger partial charge in [-0.15, -0.1) is 0 Å². The van der Waals surface area contributed by atoms with Crippen molar-refractivity contribution in [1.29, 1.82) is 10.5 Å². The van der Waals surface area contributed by atoms with Gasteiger partial charge in [0.1, 0.15) is 5.69 Å². The van der Waals surface area contributed by atoms with E-state index in [4.69, 9.17) is 15.0 Å². The molecule has 1 fully saturated rings. The maximum atomic E-state index is 12.1. The standard InChI is InChI=1S/C17H15N5O2/c18-9-12-2-1-3-14(6-12)15-8-17(24-21-15)20-16(23)7-13-4-5-22(10-13)11-19/h1-3,6,8,13H,4-5,7,10H2,(H,20,23). The van der Waals surface area contributed by atoms with Crippen LogP contribution in [0.5, 0.6) is 0 Å². The van der Waals surface area contributed by atoms with E-state index < -0.39 is 0 Å². The minimum absolute atomic E-state index is 0.159. The number of hydrogen-bond acceptors (Lipinski definition) is 6. The number of amides is 1. The van der Waals surface area contributed by atoms with Crippen LogP contribution in [-0.4, -0.2) is 29.1 Å². The molecule has 120 valence electrons. The largest absolute Gasteiger partial charge is 0.338 e. The van der Waals surface area contributed by atoms with E-state index in [1.54, 1.807) is 29.2 Å². The predicted octanol–water partition coefficient (Wildman–Crippen LogP) is 2.34. The van der Waals surface area contributed by atoms with E-state index in [1.165, 1.54) is 0 Å². The van der Waals surface area contributed by atoms with Gasteiger partial charge in [-0.3, -0.25) is 10.1 Å². The van der Waals surface area contributed by atoms with Crippen molar-refractivity contribution in [2.45, 2.75) is 12.8 Å². The number of nitriles is 2. The topological polar surface area (TPSA) is 106 Å². The van der Waals surface area contributed by atoms with E-state index in [-0.39, 0.29) is 17.7 Å². The number of aromatic nitrogens is 1. The summed E-state index contributed by atoms with van der Waals surface area (Å²) in [5.74, 6) is 0.292. The number of carbonyl (C=O) groups excluding carboxylic acids is 1. The number of carbonyl (C=O) groups is 1. The zero-order valence-electron chi connectivity index (χ0n) is 12.9. The summed E-state index contributed by atoms with van der Waals surface area (Å²) >= 11 is 0. The average molecular weight is 321 g/mol. The molecule has 1 saturated heterocycles. The number of nitrogens with zero attached hydrogens (tertiary/aromatic N) is 4. The monoisotopic (exact) mass is 321 g/mol. The second-order valence-electron chi connectivity index (χ2n) is 5.72. The van der Waals surface area contributed by atoms with Crippen LogP contribution in [0.4, 0.5) is 5.88 Å². The van der Waals surface area contributed by atoms with E-state index in [0.29, 0.717) is 30.8 Å². The molecule has 24 heavy (non-hydrogen) atoms. The van der Waals surface area contributed by atoms with Crippen LogP contribution in [0.1, 0.15) is 18.4 Å². The summed E-state index contributed by atoms with van der Waals surface area (Å²) in [6, 6.07) is 10.7. The van der Waals surface area contributed by atoms with Crippen LogP contribution < -0.4 is 5.32 Å². The molecule has 1 aromatic carbocycles. The SMILES string of the molecule is N#Cc1cccc(-c2cc(NC(=O)CC3CCN(C#N)C3)on2)c1. The fraction of sp³-hybridized carbons (Fsp3) is 0.294. The molecule has 0 spiro atoms. The number of benzene rings is 1. The van der Waals surface area contributed by atoms with Gasteiger partial charge in [0.2, 0.25) is 11.8 Å². The molecule has 1 unspecified atom stereocenters. The third kappa shape index (κ3) is 3.53. The molecular formula is C17H15N5O2. The molecule has 1 aliphatic heterocycles. The lowest BCUT2D eigenvalue weighted by atomic mass is 10.0. The fourth-order valence-electron chi connectivity index (χ4n) is 2.76. The minimum atomic E-state index is -0.159. The highest BCUT2D eigenvalue weighted by atomic mass is 16.5. The molecule has 1 amide bonds. The molecule has 7 heteroatoms. The number of likely N-dealkylation sites (tertiary alicyclic amines) is 1. The molecule has 0 saturated carbocycles. The van der Waals surface area contributed by atoms with Crippen molar-refractivity contribution < 1.29 is 9.32 Å². The Kier molecular flexibility index (Phi) is 4.44. The molecule has 1 atom stereocenters. The highest BCUT2D eigenvalue weighted by molar-refractivity contribution is 5.90. The summed E-state index contributed by atoms with van der Waals surface area (Å²) in [5, 5.41) is 24.4. The quantitative estimate of drug-likeness (QED) is 0.866. The fourth-order valence-corrected chi connectivity index (χ4v) is 2.76. The Morgan fingerprint density at radius 2 is 2.29 bits per heavy atom. The van der Waals surface area contributed by atoms with Gasteiger partial charge in [0, 0.05) is 31.1 Å². The Bertz CT molecular complexity index is 830. The lowest BCUT2D eigenvalue weighted by Gasteiger charge is -2.08. The van der Waals surface area contributed by atoms with E-state index in [2.05, 4.69) is 22.7 Å². The number of nitrogens with one attached hydrogen (secondary N) is 1. The first kappa shape index (κ1) is 15.6. The predicted molar refractivity (Wildman–Crippen MR) is 85.2 cm³/mol. The van der Waals surface area contributed by atoms with Gasteiger partial charge in [-0.1, -0.05) is 17.3 Å². The van der Waals surface area contributed by atoms with Crippen molar-refractivity contribution in [3.8, 4) is 23.5 Å². The van der Waals surface area contributed by atoms with Crippen LogP contribution in [0.3, 0.4) is 0 Å². The maximum absolute atomic E-state index is 12.1. The van der Waals surface area contributed by atoms with E-state index in [9.17, 15) is 4.79 Å². The van der Waals surface area contributed by atoms with Crippen molar-refractivity contribution in [2.75, 3.05) is 18.4 Å². The summed E-state index contributed by atoms with van der Waals surface area (Å²) in [5.41, 5.74) is 1.84. The molecule has 0 aliphatic carbocycles. The Labute approximate surface area is 139 Å². The molecular weight excluding hydrogens is 306 g/mol. The second-order valence-corrected chi connectivity index (χ2v) is 5.72. The summed E-state index contributed by atoms with van der Waals surface area (Å²) in [6.07, 6.45) is 3.28. The lowest BCUT2D eigenvalue weighted by Crippen LogP contribution is -2.19. The van der Waals surface area contributed by atoms with Crippen LogP contribution in [0.25, 0.3) is 11.3 Å². The van der Waals surface area contributed by atoms with E-state index in [0.717, 1.165) is 12.0 Å². The molecule has 0 bridgehead atoms. The van der Waals surface area contributed by atoms with Gasteiger partial charge in [0.05, 0.1) is 11.6 Å². The molecule has 2 aromatic rings. The Morgan fingerprint density at radius 3 is 3.04 bits per heavy atom.